The highest BCUT2D eigenvalue weighted by atomic mass is 16.9. The maximum Gasteiger partial charge on any atom is 0.517 e. The van der Waals surface area contributed by atoms with E-state index in [4.69, 9.17) is 18.9 Å². The second-order valence-electron chi connectivity index (χ2n) is 4.42. The molecule has 20 heavy (non-hydrogen) atoms. The van der Waals surface area contributed by atoms with Crippen LogP contribution < -0.4 is 4.74 Å². The molecule has 1 unspecified atom stereocenters. The predicted molar refractivity (Wildman–Crippen MR) is 68.2 cm³/mol. The first kappa shape index (κ1) is 14.2. The van der Waals surface area contributed by atoms with Crippen LogP contribution in [0.4, 0.5) is 9.59 Å². The maximum atomic E-state index is 11.8. The van der Waals surface area contributed by atoms with E-state index in [2.05, 4.69) is 0 Å². The molecule has 0 bridgehead atoms. The van der Waals surface area contributed by atoms with Crippen LogP contribution in [0.1, 0.15) is 26.2 Å². The Bertz CT molecular complexity index is 472. The molecule has 1 fully saturated rings. The summed E-state index contributed by atoms with van der Waals surface area (Å²) < 4.78 is 19.9. The third-order valence-corrected chi connectivity index (χ3v) is 2.80. The second kappa shape index (κ2) is 6.27. The molecule has 0 amide bonds. The van der Waals surface area contributed by atoms with E-state index < -0.39 is 18.1 Å². The zero-order chi connectivity index (χ0) is 14.4. The average molecular weight is 280 g/mol. The Kier molecular flexibility index (Phi) is 4.45. The van der Waals surface area contributed by atoms with Gasteiger partial charge >= 0.3 is 12.3 Å². The molecular formula is C14H16O6. The fraction of sp³-hybridized carbons (Fsp3) is 0.429. The number of rotatable bonds is 5. The molecule has 108 valence electrons. The summed E-state index contributed by atoms with van der Waals surface area (Å²) in [5.41, 5.74) is 0. The van der Waals surface area contributed by atoms with E-state index in [-0.39, 0.29) is 6.61 Å². The van der Waals surface area contributed by atoms with Crippen LogP contribution in [-0.2, 0) is 14.2 Å². The van der Waals surface area contributed by atoms with Gasteiger partial charge < -0.3 is 18.9 Å². The summed E-state index contributed by atoms with van der Waals surface area (Å²) in [6.45, 7) is 1.86. The fourth-order valence-electron chi connectivity index (χ4n) is 1.81. The first-order valence-corrected chi connectivity index (χ1v) is 6.45. The van der Waals surface area contributed by atoms with Crippen LogP contribution in [0.5, 0.6) is 5.75 Å². The number of para-hydroxylation sites is 1. The SMILES string of the molecule is CCCCC1(OC(=O)Oc2ccccc2)COC(=O)O1. The number of benzene rings is 1. The van der Waals surface area contributed by atoms with Crippen molar-refractivity contribution in [2.24, 2.45) is 0 Å². The highest BCUT2D eigenvalue weighted by Gasteiger charge is 2.46. The van der Waals surface area contributed by atoms with Gasteiger partial charge in [0.1, 0.15) is 5.75 Å². The van der Waals surface area contributed by atoms with Crippen LogP contribution in [0.3, 0.4) is 0 Å². The Balaban J connectivity index is 1.97. The van der Waals surface area contributed by atoms with E-state index in [0.717, 1.165) is 12.8 Å². The van der Waals surface area contributed by atoms with Crippen molar-refractivity contribution in [2.45, 2.75) is 32.0 Å². The Labute approximate surface area is 116 Å². The molecule has 1 atom stereocenters. The zero-order valence-corrected chi connectivity index (χ0v) is 11.2. The lowest BCUT2D eigenvalue weighted by Gasteiger charge is -2.23. The first-order valence-electron chi connectivity index (χ1n) is 6.45. The van der Waals surface area contributed by atoms with Crippen molar-refractivity contribution in [3.05, 3.63) is 30.3 Å². The molecule has 1 aliphatic heterocycles. The molecule has 6 heteroatoms. The highest BCUT2D eigenvalue weighted by molar-refractivity contribution is 5.66. The van der Waals surface area contributed by atoms with Crippen molar-refractivity contribution in [3.63, 3.8) is 0 Å². The van der Waals surface area contributed by atoms with Crippen LogP contribution >= 0.6 is 0 Å². The monoisotopic (exact) mass is 280 g/mol. The van der Waals surface area contributed by atoms with Crippen molar-refractivity contribution < 1.29 is 28.5 Å². The van der Waals surface area contributed by atoms with Crippen LogP contribution in [0.2, 0.25) is 0 Å². The molecule has 0 radical (unpaired) electrons. The topological polar surface area (TPSA) is 71.1 Å². The van der Waals surface area contributed by atoms with Gasteiger partial charge in [0.15, 0.2) is 6.61 Å². The molecule has 1 saturated heterocycles. The number of carbonyl (C=O) groups is 2. The first-order chi connectivity index (χ1) is 9.63. The van der Waals surface area contributed by atoms with Crippen molar-refractivity contribution in [1.82, 2.24) is 0 Å². The van der Waals surface area contributed by atoms with Gasteiger partial charge in [0.25, 0.3) is 5.79 Å². The molecule has 6 nitrogen and oxygen atoms in total. The minimum atomic E-state index is -1.38. The molecule has 0 saturated carbocycles. The largest absolute Gasteiger partial charge is 0.517 e. The van der Waals surface area contributed by atoms with Crippen LogP contribution in [0.25, 0.3) is 0 Å². The molecule has 1 heterocycles. The number of hydrogen-bond acceptors (Lipinski definition) is 6. The lowest BCUT2D eigenvalue weighted by atomic mass is 10.1. The van der Waals surface area contributed by atoms with E-state index in [1.807, 2.05) is 6.92 Å². The molecule has 1 aliphatic rings. The van der Waals surface area contributed by atoms with E-state index in [1.54, 1.807) is 30.3 Å². The summed E-state index contributed by atoms with van der Waals surface area (Å²) in [5, 5.41) is 0. The standard InChI is InChI=1S/C14H16O6/c1-2-3-9-14(10-17-12(15)19-14)20-13(16)18-11-7-5-4-6-8-11/h4-8H,2-3,9-10H2,1H3. The highest BCUT2D eigenvalue weighted by Crippen LogP contribution is 2.28. The van der Waals surface area contributed by atoms with Crippen molar-refractivity contribution in [2.75, 3.05) is 6.61 Å². The fourth-order valence-corrected chi connectivity index (χ4v) is 1.81. The van der Waals surface area contributed by atoms with Crippen molar-refractivity contribution in [1.29, 1.82) is 0 Å². The Morgan fingerprint density at radius 1 is 1.35 bits per heavy atom. The summed E-state index contributed by atoms with van der Waals surface area (Å²) in [7, 11) is 0. The number of unbranched alkanes of at least 4 members (excludes halogenated alkanes) is 1. The van der Waals surface area contributed by atoms with Gasteiger partial charge in [0.2, 0.25) is 0 Å². The van der Waals surface area contributed by atoms with Gasteiger partial charge in [-0.15, -0.1) is 0 Å². The van der Waals surface area contributed by atoms with Gasteiger partial charge in [-0.2, -0.15) is 0 Å². The van der Waals surface area contributed by atoms with Gasteiger partial charge in [-0.05, 0) is 18.6 Å². The molecule has 0 N–H and O–H groups in total. The summed E-state index contributed by atoms with van der Waals surface area (Å²) in [5.74, 6) is -1.02. The second-order valence-corrected chi connectivity index (χ2v) is 4.42. The molecule has 1 aromatic carbocycles. The summed E-state index contributed by atoms with van der Waals surface area (Å²) >= 11 is 0. The summed E-state index contributed by atoms with van der Waals surface area (Å²) in [4.78, 5) is 22.8. The van der Waals surface area contributed by atoms with E-state index in [1.165, 1.54) is 0 Å². The van der Waals surface area contributed by atoms with Crippen LogP contribution in [-0.4, -0.2) is 24.7 Å². The van der Waals surface area contributed by atoms with E-state index in [9.17, 15) is 9.59 Å². The number of ether oxygens (including phenoxy) is 4. The summed E-state index contributed by atoms with van der Waals surface area (Å²) in [6, 6.07) is 8.50. The van der Waals surface area contributed by atoms with Gasteiger partial charge in [-0.25, -0.2) is 9.59 Å². The predicted octanol–water partition coefficient (Wildman–Crippen LogP) is 3.26. The quantitative estimate of drug-likeness (QED) is 0.609. The normalized spacial score (nSPS) is 20.9. The Morgan fingerprint density at radius 2 is 2.10 bits per heavy atom. The maximum absolute atomic E-state index is 11.8. The smallest absolute Gasteiger partial charge is 0.426 e. The van der Waals surface area contributed by atoms with Crippen LogP contribution in [0, 0.1) is 0 Å². The third-order valence-electron chi connectivity index (χ3n) is 2.80. The third kappa shape index (κ3) is 3.63. The van der Waals surface area contributed by atoms with Crippen molar-refractivity contribution >= 4 is 12.3 Å². The molecule has 0 spiro atoms. The number of cyclic esters (lactones) is 2. The van der Waals surface area contributed by atoms with E-state index >= 15 is 0 Å². The van der Waals surface area contributed by atoms with Gasteiger partial charge in [0.05, 0.1) is 0 Å². The van der Waals surface area contributed by atoms with Gasteiger partial charge in [0, 0.05) is 6.42 Å². The van der Waals surface area contributed by atoms with Gasteiger partial charge in [-0.1, -0.05) is 31.5 Å². The molecule has 0 aromatic heterocycles. The zero-order valence-electron chi connectivity index (χ0n) is 11.2. The molecule has 1 aromatic rings. The molecule has 2 rings (SSSR count). The van der Waals surface area contributed by atoms with Gasteiger partial charge in [-0.3, -0.25) is 0 Å². The number of hydrogen-bond donors (Lipinski definition) is 0. The Hall–Kier alpha value is -2.24. The van der Waals surface area contributed by atoms with E-state index in [0.29, 0.717) is 12.2 Å². The minimum absolute atomic E-state index is 0.115. The van der Waals surface area contributed by atoms with Crippen LogP contribution in [0.15, 0.2) is 30.3 Å². The Morgan fingerprint density at radius 3 is 2.70 bits per heavy atom. The lowest BCUT2D eigenvalue weighted by Crippen LogP contribution is -2.38. The number of carbonyl (C=O) groups excluding carboxylic acids is 2. The average Bonchev–Trinajstić information content (AvgIpc) is 2.79. The summed E-state index contributed by atoms with van der Waals surface area (Å²) in [6.07, 6.45) is 0.212. The molecular weight excluding hydrogens is 264 g/mol. The minimum Gasteiger partial charge on any atom is -0.426 e. The molecule has 0 aliphatic carbocycles. The lowest BCUT2D eigenvalue weighted by molar-refractivity contribution is -0.152. The van der Waals surface area contributed by atoms with Crippen molar-refractivity contribution in [3.8, 4) is 5.75 Å².